The molecule has 0 heterocycles. The second-order valence-electron chi connectivity index (χ2n) is 5.53. The van der Waals surface area contributed by atoms with Crippen LogP contribution in [-0.2, 0) is 14.6 Å². The number of aliphatic carboxylic acids is 1. The van der Waals surface area contributed by atoms with Crippen molar-refractivity contribution < 1.29 is 28.5 Å². The summed E-state index contributed by atoms with van der Waals surface area (Å²) in [6, 6.07) is 9.10. The fraction of sp³-hybridized carbons (Fsp3) is 0.471. The largest absolute Gasteiger partial charge is 0.481 e. The van der Waals surface area contributed by atoms with Gasteiger partial charge >= 0.3 is 5.97 Å². The predicted molar refractivity (Wildman–Crippen MR) is 92.2 cm³/mol. The number of carbonyl (C=O) groups is 1. The molecule has 1 aromatic carbocycles. The maximum Gasteiger partial charge on any atom is 0.303 e. The molecule has 2 atom stereocenters. The van der Waals surface area contributed by atoms with Gasteiger partial charge in [-0.25, -0.2) is 8.42 Å². The van der Waals surface area contributed by atoms with Crippen LogP contribution in [0.25, 0.3) is 6.08 Å². The maximum absolute atomic E-state index is 12.4. The standard InChI is InChI=1S/C17H24O6S/c18-12-5-13-24(22,23)16(15(19)8-4-9-17(20)21)11-10-14-6-2-1-3-7-14/h1-3,6-7,10-11,15-16,18-19H,4-5,8-9,12-13H2,(H,20,21)/b11-10+. The van der Waals surface area contributed by atoms with Crippen LogP contribution in [0.2, 0.25) is 0 Å². The van der Waals surface area contributed by atoms with Crippen molar-refractivity contribution in [1.82, 2.24) is 0 Å². The summed E-state index contributed by atoms with van der Waals surface area (Å²) in [5.41, 5.74) is 0.803. The van der Waals surface area contributed by atoms with Crippen molar-refractivity contribution in [2.75, 3.05) is 12.4 Å². The summed E-state index contributed by atoms with van der Waals surface area (Å²) in [5.74, 6) is -1.22. The van der Waals surface area contributed by atoms with E-state index < -0.39 is 27.2 Å². The van der Waals surface area contributed by atoms with Crippen LogP contribution in [0.4, 0.5) is 0 Å². The second-order valence-corrected chi connectivity index (χ2v) is 7.81. The Hall–Kier alpha value is -1.70. The highest BCUT2D eigenvalue weighted by Gasteiger charge is 2.29. The highest BCUT2D eigenvalue weighted by molar-refractivity contribution is 7.92. The van der Waals surface area contributed by atoms with E-state index in [1.54, 1.807) is 6.08 Å². The molecule has 3 N–H and O–H groups in total. The first kappa shape index (κ1) is 20.3. The van der Waals surface area contributed by atoms with Gasteiger partial charge in [0.2, 0.25) is 0 Å². The summed E-state index contributed by atoms with van der Waals surface area (Å²) in [4.78, 5) is 10.6. The highest BCUT2D eigenvalue weighted by atomic mass is 32.2. The van der Waals surface area contributed by atoms with Crippen molar-refractivity contribution >= 4 is 21.9 Å². The lowest BCUT2D eigenvalue weighted by Gasteiger charge is -2.20. The second kappa shape index (κ2) is 10.2. The van der Waals surface area contributed by atoms with Crippen molar-refractivity contribution in [3.8, 4) is 0 Å². The number of aliphatic hydroxyl groups excluding tert-OH is 2. The zero-order valence-electron chi connectivity index (χ0n) is 13.4. The summed E-state index contributed by atoms with van der Waals surface area (Å²) in [5, 5.41) is 26.6. The molecule has 7 heteroatoms. The van der Waals surface area contributed by atoms with Gasteiger partial charge in [-0.05, 0) is 24.8 Å². The average Bonchev–Trinajstić information content (AvgIpc) is 2.53. The van der Waals surface area contributed by atoms with Crippen LogP contribution >= 0.6 is 0 Å². The third-order valence-electron chi connectivity index (χ3n) is 3.55. The lowest BCUT2D eigenvalue weighted by Crippen LogP contribution is -2.34. The van der Waals surface area contributed by atoms with Gasteiger partial charge in [0.05, 0.1) is 11.9 Å². The van der Waals surface area contributed by atoms with E-state index in [4.69, 9.17) is 10.2 Å². The van der Waals surface area contributed by atoms with E-state index in [0.717, 1.165) is 5.56 Å². The number of carboxylic acids is 1. The van der Waals surface area contributed by atoms with Gasteiger partial charge in [-0.15, -0.1) is 0 Å². The van der Waals surface area contributed by atoms with Crippen molar-refractivity contribution in [1.29, 1.82) is 0 Å². The molecular weight excluding hydrogens is 332 g/mol. The van der Waals surface area contributed by atoms with Crippen LogP contribution < -0.4 is 0 Å². The molecule has 2 unspecified atom stereocenters. The number of aliphatic hydroxyl groups is 2. The van der Waals surface area contributed by atoms with Crippen molar-refractivity contribution in [2.24, 2.45) is 0 Å². The Morgan fingerprint density at radius 2 is 1.83 bits per heavy atom. The Morgan fingerprint density at radius 3 is 2.42 bits per heavy atom. The van der Waals surface area contributed by atoms with Crippen LogP contribution in [0, 0.1) is 0 Å². The van der Waals surface area contributed by atoms with E-state index in [2.05, 4.69) is 0 Å². The molecule has 0 aliphatic heterocycles. The lowest BCUT2D eigenvalue weighted by atomic mass is 10.1. The molecule has 0 fully saturated rings. The van der Waals surface area contributed by atoms with Gasteiger partial charge in [0.25, 0.3) is 0 Å². The van der Waals surface area contributed by atoms with Gasteiger partial charge in [-0.3, -0.25) is 4.79 Å². The molecule has 134 valence electrons. The lowest BCUT2D eigenvalue weighted by molar-refractivity contribution is -0.137. The summed E-state index contributed by atoms with van der Waals surface area (Å²) < 4.78 is 24.8. The number of sulfone groups is 1. The maximum atomic E-state index is 12.4. The van der Waals surface area contributed by atoms with E-state index in [1.807, 2.05) is 30.3 Å². The monoisotopic (exact) mass is 356 g/mol. The van der Waals surface area contributed by atoms with Crippen molar-refractivity contribution in [2.45, 2.75) is 37.0 Å². The van der Waals surface area contributed by atoms with Crippen LogP contribution in [0.5, 0.6) is 0 Å². The van der Waals surface area contributed by atoms with Gasteiger partial charge < -0.3 is 15.3 Å². The van der Waals surface area contributed by atoms with Crippen molar-refractivity contribution in [3.05, 3.63) is 42.0 Å². The molecule has 0 spiro atoms. The predicted octanol–water partition coefficient (Wildman–Crippen LogP) is 1.48. The number of rotatable bonds is 11. The first-order chi connectivity index (χ1) is 11.4. The normalized spacial score (nSPS) is 14.6. The SMILES string of the molecule is O=C(O)CCCC(O)C(/C=C/c1ccccc1)S(=O)(=O)CCCO. The minimum atomic E-state index is -3.65. The van der Waals surface area contributed by atoms with Gasteiger partial charge in [0, 0.05) is 13.0 Å². The summed E-state index contributed by atoms with van der Waals surface area (Å²) >= 11 is 0. The Bertz CT molecular complexity index is 624. The molecule has 1 rings (SSSR count). The molecular formula is C17H24O6S. The van der Waals surface area contributed by atoms with E-state index in [1.165, 1.54) is 6.08 Å². The van der Waals surface area contributed by atoms with Gasteiger partial charge in [0.15, 0.2) is 9.84 Å². The molecule has 0 aromatic heterocycles. The Balaban J connectivity index is 2.89. The molecule has 1 aromatic rings. The number of carboxylic acid groups (broad SMARTS) is 1. The summed E-state index contributed by atoms with van der Waals surface area (Å²) in [6.45, 7) is -0.247. The molecule has 0 saturated carbocycles. The number of hydrogen-bond acceptors (Lipinski definition) is 5. The van der Waals surface area contributed by atoms with E-state index in [9.17, 15) is 18.3 Å². The molecule has 0 aliphatic rings. The first-order valence-electron chi connectivity index (χ1n) is 7.82. The molecule has 0 radical (unpaired) electrons. The summed E-state index contributed by atoms with van der Waals surface area (Å²) in [6.07, 6.45) is 2.13. The minimum Gasteiger partial charge on any atom is -0.481 e. The van der Waals surface area contributed by atoms with Crippen LogP contribution in [0.3, 0.4) is 0 Å². The molecule has 0 amide bonds. The average molecular weight is 356 g/mol. The summed E-state index contributed by atoms with van der Waals surface area (Å²) in [7, 11) is -3.65. The Morgan fingerprint density at radius 1 is 1.17 bits per heavy atom. The third kappa shape index (κ3) is 7.25. The quantitative estimate of drug-likeness (QED) is 0.554. The van der Waals surface area contributed by atoms with E-state index in [0.29, 0.717) is 0 Å². The van der Waals surface area contributed by atoms with Gasteiger partial charge in [0.1, 0.15) is 5.25 Å². The molecule has 6 nitrogen and oxygen atoms in total. The number of hydrogen-bond donors (Lipinski definition) is 3. The zero-order chi connectivity index (χ0) is 18.0. The zero-order valence-corrected chi connectivity index (χ0v) is 14.2. The van der Waals surface area contributed by atoms with E-state index >= 15 is 0 Å². The topological polar surface area (TPSA) is 112 Å². The minimum absolute atomic E-state index is 0.0778. The Kier molecular flexibility index (Phi) is 8.67. The number of benzene rings is 1. The van der Waals surface area contributed by atoms with Crippen LogP contribution in [-0.4, -0.2) is 53.4 Å². The van der Waals surface area contributed by atoms with Crippen molar-refractivity contribution in [3.63, 3.8) is 0 Å². The molecule has 24 heavy (non-hydrogen) atoms. The highest BCUT2D eigenvalue weighted by Crippen LogP contribution is 2.17. The fourth-order valence-electron chi connectivity index (χ4n) is 2.29. The van der Waals surface area contributed by atoms with Crippen LogP contribution in [0.1, 0.15) is 31.2 Å². The van der Waals surface area contributed by atoms with Gasteiger partial charge in [-0.2, -0.15) is 0 Å². The third-order valence-corrected chi connectivity index (χ3v) is 5.71. The molecule has 0 aliphatic carbocycles. The molecule has 0 saturated heterocycles. The molecule has 0 bridgehead atoms. The Labute approximate surface area is 142 Å². The van der Waals surface area contributed by atoms with E-state index in [-0.39, 0.29) is 38.0 Å². The smallest absolute Gasteiger partial charge is 0.303 e. The fourth-order valence-corrected chi connectivity index (χ4v) is 4.02. The first-order valence-corrected chi connectivity index (χ1v) is 9.54. The van der Waals surface area contributed by atoms with Crippen LogP contribution in [0.15, 0.2) is 36.4 Å². The van der Waals surface area contributed by atoms with Gasteiger partial charge in [-0.1, -0.05) is 42.5 Å².